The summed E-state index contributed by atoms with van der Waals surface area (Å²) in [5, 5.41) is 30.6. The highest BCUT2D eigenvalue weighted by Crippen LogP contribution is 2.15. The van der Waals surface area contributed by atoms with Gasteiger partial charge in [-0.25, -0.2) is 0 Å². The van der Waals surface area contributed by atoms with E-state index in [2.05, 4.69) is 10.0 Å². The topological polar surface area (TPSA) is 119 Å². The Kier molecular flexibility index (Phi) is 10.7. The van der Waals surface area contributed by atoms with E-state index in [1.807, 2.05) is 0 Å². The summed E-state index contributed by atoms with van der Waals surface area (Å²) in [5.41, 5.74) is 7.12. The van der Waals surface area contributed by atoms with Gasteiger partial charge in [-0.05, 0) is 18.4 Å². The zero-order valence-corrected chi connectivity index (χ0v) is 10.7. The van der Waals surface area contributed by atoms with Crippen molar-refractivity contribution in [3.63, 3.8) is 0 Å². The van der Waals surface area contributed by atoms with Crippen LogP contribution in [0, 0.1) is 5.41 Å². The van der Waals surface area contributed by atoms with Crippen molar-refractivity contribution < 1.29 is 20.1 Å². The molecule has 7 nitrogen and oxygen atoms in total. The Morgan fingerprint density at radius 3 is 2.17 bits per heavy atom. The fraction of sp³-hybridized carbons (Fsp3) is 1.00. The van der Waals surface area contributed by atoms with Gasteiger partial charge in [0.05, 0.1) is 31.8 Å². The van der Waals surface area contributed by atoms with Crippen molar-refractivity contribution in [2.75, 3.05) is 39.6 Å². The molecule has 0 aromatic carbocycles. The molecule has 0 fully saturated rings. The highest BCUT2D eigenvalue weighted by molar-refractivity contribution is 4.76. The molecular weight excluding hydrogens is 238 g/mol. The molecular formula is C11H23N3O4. The minimum absolute atomic E-state index is 0.148. The number of ether oxygens (including phenoxy) is 1. The smallest absolute Gasteiger partial charge is 0.0629 e. The van der Waals surface area contributed by atoms with Gasteiger partial charge in [-0.15, -0.1) is 0 Å². The van der Waals surface area contributed by atoms with Crippen molar-refractivity contribution in [3.8, 4) is 0 Å². The van der Waals surface area contributed by atoms with E-state index in [1.54, 1.807) is 0 Å². The molecule has 0 radical (unpaired) electrons. The number of hydrogen-bond acceptors (Lipinski definition) is 5. The summed E-state index contributed by atoms with van der Waals surface area (Å²) in [6.45, 7) is 0.309. The van der Waals surface area contributed by atoms with Crippen LogP contribution < -0.4 is 0 Å². The third kappa shape index (κ3) is 7.47. The second kappa shape index (κ2) is 11.3. The van der Waals surface area contributed by atoms with Crippen LogP contribution in [0.1, 0.15) is 25.7 Å². The van der Waals surface area contributed by atoms with Crippen molar-refractivity contribution >= 4 is 0 Å². The molecule has 7 heteroatoms. The minimum atomic E-state index is -0.943. The summed E-state index contributed by atoms with van der Waals surface area (Å²) in [6, 6.07) is 0. The Balaban J connectivity index is 3.46. The molecule has 0 aliphatic heterocycles. The SMILES string of the molecule is [N-]=[N+]=NCCCCCCOCC(CO)(CO)CO. The number of rotatable bonds is 12. The monoisotopic (exact) mass is 261 g/mol. The molecule has 0 aromatic heterocycles. The maximum Gasteiger partial charge on any atom is 0.0629 e. The molecule has 0 amide bonds. The molecule has 0 aliphatic rings. The third-order valence-electron chi connectivity index (χ3n) is 2.77. The van der Waals surface area contributed by atoms with Crippen LogP contribution in [0.4, 0.5) is 0 Å². The highest BCUT2D eigenvalue weighted by atomic mass is 16.5. The lowest BCUT2D eigenvalue weighted by atomic mass is 9.93. The first-order valence-electron chi connectivity index (χ1n) is 6.16. The lowest BCUT2D eigenvalue weighted by Crippen LogP contribution is -2.38. The fourth-order valence-corrected chi connectivity index (χ4v) is 1.36. The molecule has 0 spiro atoms. The van der Waals surface area contributed by atoms with E-state index in [1.165, 1.54) is 0 Å². The summed E-state index contributed by atoms with van der Waals surface area (Å²) in [5.74, 6) is 0. The van der Waals surface area contributed by atoms with Gasteiger partial charge in [0.15, 0.2) is 0 Å². The van der Waals surface area contributed by atoms with E-state index in [0.717, 1.165) is 25.7 Å². The first-order valence-corrected chi connectivity index (χ1v) is 6.16. The summed E-state index contributed by atoms with van der Waals surface area (Å²) in [6.07, 6.45) is 3.70. The normalized spacial score (nSPS) is 11.3. The van der Waals surface area contributed by atoms with Crippen molar-refractivity contribution in [2.24, 2.45) is 10.5 Å². The number of aliphatic hydroxyl groups excluding tert-OH is 3. The average molecular weight is 261 g/mol. The van der Waals surface area contributed by atoms with Gasteiger partial charge in [0.2, 0.25) is 0 Å². The number of aliphatic hydroxyl groups is 3. The molecule has 0 saturated heterocycles. The predicted octanol–water partition coefficient (Wildman–Crippen LogP) is 0.837. The van der Waals surface area contributed by atoms with Crippen LogP contribution in [0.3, 0.4) is 0 Å². The first kappa shape index (κ1) is 17.2. The molecule has 106 valence electrons. The van der Waals surface area contributed by atoms with Crippen molar-refractivity contribution in [1.29, 1.82) is 0 Å². The largest absolute Gasteiger partial charge is 0.396 e. The van der Waals surface area contributed by atoms with Gasteiger partial charge in [-0.1, -0.05) is 18.0 Å². The molecule has 0 saturated carbocycles. The Hall–Kier alpha value is -0.850. The number of hydrogen-bond donors (Lipinski definition) is 3. The lowest BCUT2D eigenvalue weighted by Gasteiger charge is -2.26. The summed E-state index contributed by atoms with van der Waals surface area (Å²) < 4.78 is 5.34. The van der Waals surface area contributed by atoms with Gasteiger partial charge in [0.25, 0.3) is 0 Å². The summed E-state index contributed by atoms with van der Waals surface area (Å²) in [7, 11) is 0. The van der Waals surface area contributed by atoms with Gasteiger partial charge < -0.3 is 20.1 Å². The van der Waals surface area contributed by atoms with Crippen molar-refractivity contribution in [3.05, 3.63) is 10.4 Å². The second-order valence-electron chi connectivity index (χ2n) is 4.40. The van der Waals surface area contributed by atoms with E-state index in [4.69, 9.17) is 25.6 Å². The van der Waals surface area contributed by atoms with E-state index in [-0.39, 0.29) is 26.4 Å². The van der Waals surface area contributed by atoms with Crippen LogP contribution in [0.5, 0.6) is 0 Å². The Labute approximate surface area is 107 Å². The summed E-state index contributed by atoms with van der Waals surface area (Å²) >= 11 is 0. The van der Waals surface area contributed by atoms with Gasteiger partial charge >= 0.3 is 0 Å². The molecule has 18 heavy (non-hydrogen) atoms. The molecule has 0 aromatic rings. The molecule has 3 N–H and O–H groups in total. The molecule has 0 unspecified atom stereocenters. The number of azide groups is 1. The van der Waals surface area contributed by atoms with Gasteiger partial charge in [0.1, 0.15) is 0 Å². The van der Waals surface area contributed by atoms with Crippen molar-refractivity contribution in [2.45, 2.75) is 25.7 Å². The maximum atomic E-state index is 9.06. The van der Waals surface area contributed by atoms with E-state index in [0.29, 0.717) is 13.2 Å². The second-order valence-corrected chi connectivity index (χ2v) is 4.40. The quantitative estimate of drug-likeness (QED) is 0.209. The Morgan fingerprint density at radius 1 is 1.00 bits per heavy atom. The Morgan fingerprint density at radius 2 is 1.61 bits per heavy atom. The van der Waals surface area contributed by atoms with Crippen LogP contribution >= 0.6 is 0 Å². The minimum Gasteiger partial charge on any atom is -0.396 e. The molecule has 0 aliphatic carbocycles. The highest BCUT2D eigenvalue weighted by Gasteiger charge is 2.28. The molecule has 0 bridgehead atoms. The maximum absolute atomic E-state index is 9.06. The average Bonchev–Trinajstić information content (AvgIpc) is 2.42. The van der Waals surface area contributed by atoms with Gasteiger partial charge in [-0.2, -0.15) is 0 Å². The third-order valence-corrected chi connectivity index (χ3v) is 2.77. The van der Waals surface area contributed by atoms with E-state index in [9.17, 15) is 0 Å². The standard InChI is InChI=1S/C11H23N3O4/c12-14-13-5-3-1-2-4-6-18-10-11(7-15,8-16)9-17/h15-17H,1-10H2. The predicted molar refractivity (Wildman–Crippen MR) is 67.0 cm³/mol. The van der Waals surface area contributed by atoms with Crippen LogP contribution in [0.2, 0.25) is 0 Å². The molecule has 0 rings (SSSR count). The number of nitrogens with zero attached hydrogens (tertiary/aromatic N) is 3. The zero-order valence-electron chi connectivity index (χ0n) is 10.7. The van der Waals surface area contributed by atoms with Crippen LogP contribution in [-0.2, 0) is 4.74 Å². The van der Waals surface area contributed by atoms with Crippen molar-refractivity contribution in [1.82, 2.24) is 0 Å². The lowest BCUT2D eigenvalue weighted by molar-refractivity contribution is -0.0582. The Bertz CT molecular complexity index is 232. The zero-order chi connectivity index (χ0) is 13.7. The molecule has 0 heterocycles. The van der Waals surface area contributed by atoms with Crippen LogP contribution in [0.15, 0.2) is 5.11 Å². The first-order chi connectivity index (χ1) is 8.74. The van der Waals surface area contributed by atoms with E-state index < -0.39 is 5.41 Å². The van der Waals surface area contributed by atoms with E-state index >= 15 is 0 Å². The number of unbranched alkanes of at least 4 members (excludes halogenated alkanes) is 3. The summed E-state index contributed by atoms with van der Waals surface area (Å²) in [4.78, 5) is 2.67. The van der Waals surface area contributed by atoms with Gasteiger partial charge in [0, 0.05) is 18.1 Å². The molecule has 0 atom stereocenters. The van der Waals surface area contributed by atoms with Crippen LogP contribution in [-0.4, -0.2) is 54.9 Å². The fourth-order valence-electron chi connectivity index (χ4n) is 1.36. The van der Waals surface area contributed by atoms with Gasteiger partial charge in [-0.3, -0.25) is 0 Å². The van der Waals surface area contributed by atoms with Crippen LogP contribution in [0.25, 0.3) is 10.4 Å².